The number of carbonyl (C=O) groups is 1. The lowest BCUT2D eigenvalue weighted by molar-refractivity contribution is -0.138. The number of amides is 1. The van der Waals surface area contributed by atoms with E-state index in [9.17, 15) is 4.79 Å². The van der Waals surface area contributed by atoms with Crippen molar-refractivity contribution in [1.29, 1.82) is 0 Å². The van der Waals surface area contributed by atoms with Crippen molar-refractivity contribution in [2.75, 3.05) is 40.0 Å². The molecular weight excluding hydrogens is 232 g/mol. The molecule has 0 aromatic carbocycles. The molecule has 2 fully saturated rings. The molecule has 0 aromatic heterocycles. The van der Waals surface area contributed by atoms with Crippen molar-refractivity contribution in [2.24, 2.45) is 5.92 Å². The SMILES string of the molecule is CCNC1COCC1C(=O)N(C)C1CCOCC1. The summed E-state index contributed by atoms with van der Waals surface area (Å²) in [5.74, 6) is 0.183. The topological polar surface area (TPSA) is 50.8 Å². The number of likely N-dealkylation sites (N-methyl/N-ethyl adjacent to an activating group) is 1. The van der Waals surface area contributed by atoms with Gasteiger partial charge in [-0.05, 0) is 19.4 Å². The van der Waals surface area contributed by atoms with Crippen molar-refractivity contribution < 1.29 is 14.3 Å². The summed E-state index contributed by atoms with van der Waals surface area (Å²) in [6, 6.07) is 0.499. The molecular formula is C13H24N2O3. The van der Waals surface area contributed by atoms with Gasteiger partial charge in [-0.1, -0.05) is 6.92 Å². The molecule has 2 saturated heterocycles. The molecule has 1 N–H and O–H groups in total. The Hall–Kier alpha value is -0.650. The van der Waals surface area contributed by atoms with Crippen LogP contribution < -0.4 is 5.32 Å². The normalized spacial score (nSPS) is 29.4. The van der Waals surface area contributed by atoms with Gasteiger partial charge in [0.05, 0.1) is 19.1 Å². The van der Waals surface area contributed by atoms with Crippen LogP contribution >= 0.6 is 0 Å². The van der Waals surface area contributed by atoms with Gasteiger partial charge in [-0.15, -0.1) is 0 Å². The molecule has 0 saturated carbocycles. The zero-order chi connectivity index (χ0) is 13.0. The van der Waals surface area contributed by atoms with E-state index in [4.69, 9.17) is 9.47 Å². The van der Waals surface area contributed by atoms with Crippen LogP contribution in [-0.4, -0.2) is 62.9 Å². The number of hydrogen-bond donors (Lipinski definition) is 1. The lowest BCUT2D eigenvalue weighted by atomic mass is 9.99. The van der Waals surface area contributed by atoms with Crippen LogP contribution in [0.4, 0.5) is 0 Å². The standard InChI is InChI=1S/C13H24N2O3/c1-3-14-12-9-18-8-11(12)13(16)15(2)10-4-6-17-7-5-10/h10-12,14H,3-9H2,1-2H3. The van der Waals surface area contributed by atoms with Crippen LogP contribution in [0, 0.1) is 5.92 Å². The molecule has 0 aromatic rings. The molecule has 2 heterocycles. The van der Waals surface area contributed by atoms with Gasteiger partial charge in [-0.2, -0.15) is 0 Å². The Morgan fingerprint density at radius 1 is 1.28 bits per heavy atom. The fourth-order valence-corrected chi connectivity index (χ4v) is 2.77. The Balaban J connectivity index is 1.92. The van der Waals surface area contributed by atoms with Gasteiger partial charge in [0.2, 0.25) is 5.91 Å². The predicted molar refractivity (Wildman–Crippen MR) is 68.4 cm³/mol. The number of nitrogens with zero attached hydrogens (tertiary/aromatic N) is 1. The van der Waals surface area contributed by atoms with E-state index in [2.05, 4.69) is 12.2 Å². The number of hydrogen-bond acceptors (Lipinski definition) is 4. The fourth-order valence-electron chi connectivity index (χ4n) is 2.77. The third kappa shape index (κ3) is 3.02. The van der Waals surface area contributed by atoms with E-state index in [1.54, 1.807) is 0 Å². The zero-order valence-corrected chi connectivity index (χ0v) is 11.4. The highest BCUT2D eigenvalue weighted by Gasteiger charge is 2.37. The van der Waals surface area contributed by atoms with Crippen LogP contribution in [0.2, 0.25) is 0 Å². The minimum Gasteiger partial charge on any atom is -0.381 e. The molecule has 104 valence electrons. The van der Waals surface area contributed by atoms with Gasteiger partial charge in [0.1, 0.15) is 0 Å². The first-order valence-corrected chi connectivity index (χ1v) is 6.89. The smallest absolute Gasteiger partial charge is 0.229 e. The monoisotopic (exact) mass is 256 g/mol. The summed E-state index contributed by atoms with van der Waals surface area (Å²) in [7, 11) is 1.92. The lowest BCUT2D eigenvalue weighted by Crippen LogP contribution is -2.48. The number of ether oxygens (including phenoxy) is 2. The van der Waals surface area contributed by atoms with Crippen LogP contribution in [0.3, 0.4) is 0 Å². The maximum absolute atomic E-state index is 12.5. The summed E-state index contributed by atoms with van der Waals surface area (Å²) in [5, 5.41) is 3.34. The zero-order valence-electron chi connectivity index (χ0n) is 11.4. The Morgan fingerprint density at radius 3 is 2.67 bits per heavy atom. The third-order valence-electron chi connectivity index (χ3n) is 3.95. The van der Waals surface area contributed by atoms with E-state index >= 15 is 0 Å². The Bertz CT molecular complexity index is 279. The largest absolute Gasteiger partial charge is 0.381 e. The van der Waals surface area contributed by atoms with Gasteiger partial charge in [0, 0.05) is 32.3 Å². The Kier molecular flexibility index (Phi) is 4.97. The highest BCUT2D eigenvalue weighted by molar-refractivity contribution is 5.80. The first-order chi connectivity index (χ1) is 8.74. The highest BCUT2D eigenvalue weighted by atomic mass is 16.5. The van der Waals surface area contributed by atoms with E-state index in [0.717, 1.165) is 32.6 Å². The van der Waals surface area contributed by atoms with Crippen LogP contribution in [-0.2, 0) is 14.3 Å². The fraction of sp³-hybridized carbons (Fsp3) is 0.923. The van der Waals surface area contributed by atoms with Gasteiger partial charge >= 0.3 is 0 Å². The van der Waals surface area contributed by atoms with Crippen LogP contribution in [0.25, 0.3) is 0 Å². The second-order valence-corrected chi connectivity index (χ2v) is 5.10. The molecule has 2 aliphatic rings. The minimum absolute atomic E-state index is 0.0298. The number of rotatable bonds is 4. The molecule has 5 heteroatoms. The molecule has 0 bridgehead atoms. The van der Waals surface area contributed by atoms with Crippen LogP contribution in [0.15, 0.2) is 0 Å². The first-order valence-electron chi connectivity index (χ1n) is 6.89. The van der Waals surface area contributed by atoms with Crippen LogP contribution in [0.1, 0.15) is 19.8 Å². The number of nitrogens with one attached hydrogen (secondary N) is 1. The maximum Gasteiger partial charge on any atom is 0.229 e. The molecule has 1 amide bonds. The van der Waals surface area contributed by atoms with E-state index in [-0.39, 0.29) is 17.9 Å². The summed E-state index contributed by atoms with van der Waals surface area (Å²) in [5.41, 5.74) is 0. The second kappa shape index (κ2) is 6.50. The molecule has 0 spiro atoms. The summed E-state index contributed by atoms with van der Waals surface area (Å²) in [4.78, 5) is 14.4. The average Bonchev–Trinajstić information content (AvgIpc) is 2.87. The van der Waals surface area contributed by atoms with Crippen LogP contribution in [0.5, 0.6) is 0 Å². The second-order valence-electron chi connectivity index (χ2n) is 5.10. The molecule has 0 radical (unpaired) electrons. The lowest BCUT2D eigenvalue weighted by Gasteiger charge is -2.33. The molecule has 2 aliphatic heterocycles. The van der Waals surface area contributed by atoms with Crippen molar-refractivity contribution in [2.45, 2.75) is 31.8 Å². The molecule has 5 nitrogen and oxygen atoms in total. The number of carbonyl (C=O) groups excluding carboxylic acids is 1. The summed E-state index contributed by atoms with van der Waals surface area (Å²) < 4.78 is 10.8. The van der Waals surface area contributed by atoms with Crippen molar-refractivity contribution in [1.82, 2.24) is 10.2 Å². The third-order valence-corrected chi connectivity index (χ3v) is 3.95. The van der Waals surface area contributed by atoms with E-state index in [0.29, 0.717) is 19.3 Å². The van der Waals surface area contributed by atoms with Gasteiger partial charge in [0.25, 0.3) is 0 Å². The first kappa shape index (κ1) is 13.8. The van der Waals surface area contributed by atoms with E-state index in [1.807, 2.05) is 11.9 Å². The van der Waals surface area contributed by atoms with Crippen molar-refractivity contribution in [3.63, 3.8) is 0 Å². The maximum atomic E-state index is 12.5. The predicted octanol–water partition coefficient (Wildman–Crippen LogP) is 0.248. The summed E-state index contributed by atoms with van der Waals surface area (Å²) in [6.45, 7) is 5.65. The summed E-state index contributed by atoms with van der Waals surface area (Å²) in [6.07, 6.45) is 1.89. The molecule has 2 rings (SSSR count). The van der Waals surface area contributed by atoms with Gasteiger partial charge in [-0.25, -0.2) is 0 Å². The molecule has 18 heavy (non-hydrogen) atoms. The van der Waals surface area contributed by atoms with E-state index < -0.39 is 0 Å². The average molecular weight is 256 g/mol. The van der Waals surface area contributed by atoms with Gasteiger partial charge in [-0.3, -0.25) is 4.79 Å². The molecule has 2 atom stereocenters. The highest BCUT2D eigenvalue weighted by Crippen LogP contribution is 2.20. The van der Waals surface area contributed by atoms with Crippen molar-refractivity contribution >= 4 is 5.91 Å². The molecule has 2 unspecified atom stereocenters. The van der Waals surface area contributed by atoms with Crippen molar-refractivity contribution in [3.05, 3.63) is 0 Å². The van der Waals surface area contributed by atoms with Gasteiger partial charge in [0.15, 0.2) is 0 Å². The van der Waals surface area contributed by atoms with E-state index in [1.165, 1.54) is 0 Å². The summed E-state index contributed by atoms with van der Waals surface area (Å²) >= 11 is 0. The minimum atomic E-state index is -0.0298. The van der Waals surface area contributed by atoms with Crippen molar-refractivity contribution in [3.8, 4) is 0 Å². The van der Waals surface area contributed by atoms with Gasteiger partial charge < -0.3 is 19.7 Å². The Morgan fingerprint density at radius 2 is 2.00 bits per heavy atom. The Labute approximate surface area is 109 Å². The quantitative estimate of drug-likeness (QED) is 0.783. The molecule has 0 aliphatic carbocycles.